The van der Waals surface area contributed by atoms with Crippen LogP contribution in [0, 0.1) is 5.82 Å². The minimum atomic E-state index is -0.195. The molecule has 0 aromatic heterocycles. The molecule has 0 radical (unpaired) electrons. The Morgan fingerprint density at radius 1 is 1.16 bits per heavy atom. The molecule has 108 valence electrons. The quantitative estimate of drug-likeness (QED) is 0.351. The molecule has 0 spiro atoms. The molecule has 1 aromatic rings. The number of hydrogen-bond donors (Lipinski definition) is 0. The van der Waals surface area contributed by atoms with E-state index < -0.39 is 0 Å². The van der Waals surface area contributed by atoms with Crippen molar-refractivity contribution in [1.29, 1.82) is 0 Å². The van der Waals surface area contributed by atoms with Gasteiger partial charge < -0.3 is 0 Å². The molecule has 0 aliphatic carbocycles. The van der Waals surface area contributed by atoms with Crippen LogP contribution in [0.5, 0.6) is 0 Å². The normalized spacial score (nSPS) is 12.6. The summed E-state index contributed by atoms with van der Waals surface area (Å²) in [5.74, 6) is -0.195. The topological polar surface area (TPSA) is 0 Å². The van der Waals surface area contributed by atoms with Crippen molar-refractivity contribution in [3.63, 3.8) is 0 Å². The third kappa shape index (κ3) is 6.76. The van der Waals surface area contributed by atoms with Gasteiger partial charge in [-0.25, -0.2) is 4.39 Å². The van der Waals surface area contributed by atoms with Crippen LogP contribution in [0.4, 0.5) is 4.39 Å². The third-order valence-electron chi connectivity index (χ3n) is 3.36. The molecule has 0 aliphatic rings. The van der Waals surface area contributed by atoms with Gasteiger partial charge in [0.05, 0.1) is 0 Å². The molecule has 0 fully saturated rings. The second-order valence-electron chi connectivity index (χ2n) is 5.06. The molecule has 0 saturated carbocycles. The first-order chi connectivity index (χ1) is 9.15. The number of rotatable bonds is 9. The summed E-state index contributed by atoms with van der Waals surface area (Å²) in [4.78, 5) is 0.313. The van der Waals surface area contributed by atoms with Gasteiger partial charge >= 0.3 is 0 Å². The van der Waals surface area contributed by atoms with Crippen LogP contribution in [0.25, 0.3) is 0 Å². The highest BCUT2D eigenvalue weighted by molar-refractivity contribution is 9.09. The second kappa shape index (κ2) is 9.77. The molecule has 1 atom stereocenters. The third-order valence-corrected chi connectivity index (χ3v) is 4.49. The van der Waals surface area contributed by atoms with Crippen molar-refractivity contribution in [2.24, 2.45) is 0 Å². The molecule has 3 heteroatoms. The number of alkyl halides is 1. The van der Waals surface area contributed by atoms with Gasteiger partial charge in [-0.2, -0.15) is 0 Å². The fraction of sp³-hybridized carbons (Fsp3) is 0.625. The summed E-state index contributed by atoms with van der Waals surface area (Å²) < 4.78 is 13.6. The number of hydrogen-bond acceptors (Lipinski definition) is 0. The zero-order chi connectivity index (χ0) is 14.1. The highest BCUT2D eigenvalue weighted by Crippen LogP contribution is 2.24. The molecule has 0 N–H and O–H groups in total. The van der Waals surface area contributed by atoms with Crippen LogP contribution < -0.4 is 0 Å². The first-order valence-corrected chi connectivity index (χ1v) is 8.51. The Bertz CT molecular complexity index is 348. The molecule has 1 aromatic carbocycles. The fourth-order valence-corrected chi connectivity index (χ4v) is 3.08. The molecule has 0 nitrogen and oxygen atoms in total. The van der Waals surface area contributed by atoms with Gasteiger partial charge in [0.25, 0.3) is 0 Å². The average molecular weight is 350 g/mol. The van der Waals surface area contributed by atoms with E-state index in [0.29, 0.717) is 21.8 Å². The number of unbranched alkanes of at least 4 members (excludes halogenated alkanes) is 5. The monoisotopic (exact) mass is 348 g/mol. The highest BCUT2D eigenvalue weighted by atomic mass is 79.9. The molecular weight excluding hydrogens is 327 g/mol. The van der Waals surface area contributed by atoms with Crippen molar-refractivity contribution in [2.75, 3.05) is 0 Å². The highest BCUT2D eigenvalue weighted by Gasteiger charge is 2.12. The summed E-state index contributed by atoms with van der Waals surface area (Å²) in [5.41, 5.74) is 0.636. The molecule has 1 unspecified atom stereocenters. The first-order valence-electron chi connectivity index (χ1n) is 7.22. The van der Waals surface area contributed by atoms with Gasteiger partial charge in [0.15, 0.2) is 0 Å². The molecule has 0 saturated heterocycles. The Morgan fingerprint density at radius 3 is 2.53 bits per heavy atom. The van der Waals surface area contributed by atoms with Crippen LogP contribution in [0.3, 0.4) is 0 Å². The van der Waals surface area contributed by atoms with Gasteiger partial charge in [0, 0.05) is 15.4 Å². The second-order valence-corrected chi connectivity index (χ2v) is 6.76. The molecule has 0 aliphatic heterocycles. The molecule has 1 rings (SSSR count). The average Bonchev–Trinajstić information content (AvgIpc) is 2.38. The van der Waals surface area contributed by atoms with E-state index in [0.717, 1.165) is 6.42 Å². The van der Waals surface area contributed by atoms with E-state index >= 15 is 0 Å². The number of halogens is 3. The minimum Gasteiger partial charge on any atom is -0.207 e. The zero-order valence-electron chi connectivity index (χ0n) is 11.6. The van der Waals surface area contributed by atoms with E-state index in [1.165, 1.54) is 44.6 Å². The maximum absolute atomic E-state index is 13.6. The van der Waals surface area contributed by atoms with E-state index in [2.05, 4.69) is 22.9 Å². The van der Waals surface area contributed by atoms with Crippen molar-refractivity contribution in [1.82, 2.24) is 0 Å². The summed E-state index contributed by atoms with van der Waals surface area (Å²) in [7, 11) is 0. The van der Waals surface area contributed by atoms with Gasteiger partial charge in [-0.3, -0.25) is 0 Å². The summed E-state index contributed by atoms with van der Waals surface area (Å²) in [5, 5.41) is 0.535. The Labute approximate surface area is 129 Å². The number of benzene rings is 1. The van der Waals surface area contributed by atoms with Gasteiger partial charge in [-0.1, -0.05) is 79.0 Å². The smallest absolute Gasteiger partial charge is 0.127 e. The van der Waals surface area contributed by atoms with Crippen molar-refractivity contribution in [3.8, 4) is 0 Å². The van der Waals surface area contributed by atoms with Gasteiger partial charge in [-0.05, 0) is 25.0 Å². The van der Waals surface area contributed by atoms with Crippen LogP contribution in [0.1, 0.15) is 57.4 Å². The van der Waals surface area contributed by atoms with Crippen molar-refractivity contribution < 1.29 is 4.39 Å². The fourth-order valence-electron chi connectivity index (χ4n) is 2.20. The first kappa shape index (κ1) is 17.0. The Balaban J connectivity index is 2.25. The maximum Gasteiger partial charge on any atom is 0.127 e. The van der Waals surface area contributed by atoms with E-state index in [4.69, 9.17) is 11.6 Å². The van der Waals surface area contributed by atoms with Gasteiger partial charge in [0.1, 0.15) is 5.82 Å². The van der Waals surface area contributed by atoms with Crippen LogP contribution in [0.2, 0.25) is 5.02 Å². The van der Waals surface area contributed by atoms with E-state index in [9.17, 15) is 4.39 Å². The predicted octanol–water partition coefficient (Wildman–Crippen LogP) is 6.54. The Morgan fingerprint density at radius 2 is 1.84 bits per heavy atom. The van der Waals surface area contributed by atoms with Crippen LogP contribution in [-0.4, -0.2) is 4.83 Å². The standard InChI is InChI=1S/C16H23BrClF/c1-2-3-4-5-6-7-9-13(17)12-14-15(18)10-8-11-16(14)19/h8,10-11,13H,2-7,9,12H2,1H3. The van der Waals surface area contributed by atoms with Crippen LogP contribution in [-0.2, 0) is 6.42 Å². The SMILES string of the molecule is CCCCCCCCC(Br)Cc1c(F)cccc1Cl. The Kier molecular flexibility index (Phi) is 8.72. The molecule has 19 heavy (non-hydrogen) atoms. The summed E-state index contributed by atoms with van der Waals surface area (Å²) in [6, 6.07) is 4.88. The zero-order valence-corrected chi connectivity index (χ0v) is 13.9. The van der Waals surface area contributed by atoms with Crippen molar-refractivity contribution >= 4 is 27.5 Å². The van der Waals surface area contributed by atoms with Gasteiger partial charge in [0.2, 0.25) is 0 Å². The minimum absolute atomic E-state index is 0.195. The summed E-state index contributed by atoms with van der Waals surface area (Å²) in [6.45, 7) is 2.23. The van der Waals surface area contributed by atoms with Crippen LogP contribution >= 0.6 is 27.5 Å². The lowest BCUT2D eigenvalue weighted by molar-refractivity contribution is 0.572. The maximum atomic E-state index is 13.6. The van der Waals surface area contributed by atoms with Gasteiger partial charge in [-0.15, -0.1) is 0 Å². The van der Waals surface area contributed by atoms with E-state index in [-0.39, 0.29) is 5.82 Å². The van der Waals surface area contributed by atoms with E-state index in [1.807, 2.05) is 0 Å². The lowest BCUT2D eigenvalue weighted by Crippen LogP contribution is -2.05. The molecule has 0 bridgehead atoms. The summed E-state index contributed by atoms with van der Waals surface area (Å²) >= 11 is 9.67. The van der Waals surface area contributed by atoms with Crippen molar-refractivity contribution in [2.45, 2.75) is 63.1 Å². The summed E-state index contributed by atoms with van der Waals surface area (Å²) in [6.07, 6.45) is 9.49. The lowest BCUT2D eigenvalue weighted by atomic mass is 10.0. The largest absolute Gasteiger partial charge is 0.207 e. The molecular formula is C16H23BrClF. The van der Waals surface area contributed by atoms with Crippen molar-refractivity contribution in [3.05, 3.63) is 34.6 Å². The molecule has 0 heterocycles. The van der Waals surface area contributed by atoms with Crippen LogP contribution in [0.15, 0.2) is 18.2 Å². The Hall–Kier alpha value is -0.0800. The lowest BCUT2D eigenvalue weighted by Gasteiger charge is -2.11. The van der Waals surface area contributed by atoms with E-state index in [1.54, 1.807) is 12.1 Å². The predicted molar refractivity (Wildman–Crippen MR) is 85.8 cm³/mol. The molecule has 0 amide bonds.